The molecule has 1 amide bonds. The van der Waals surface area contributed by atoms with Crippen molar-refractivity contribution in [1.82, 2.24) is 4.90 Å². The Hall–Kier alpha value is -4.26. The van der Waals surface area contributed by atoms with Crippen LogP contribution in [0.5, 0.6) is 17.2 Å². The van der Waals surface area contributed by atoms with E-state index in [-0.39, 0.29) is 17.9 Å². The largest absolute Gasteiger partial charge is 0.507 e. The van der Waals surface area contributed by atoms with Crippen LogP contribution in [0.1, 0.15) is 55.8 Å². The lowest BCUT2D eigenvalue weighted by atomic mass is 9.95. The van der Waals surface area contributed by atoms with Crippen molar-refractivity contribution < 1.29 is 28.9 Å². The lowest BCUT2D eigenvalue weighted by Crippen LogP contribution is -2.29. The van der Waals surface area contributed by atoms with Crippen molar-refractivity contribution in [3.63, 3.8) is 0 Å². The van der Waals surface area contributed by atoms with Crippen molar-refractivity contribution in [3.05, 3.63) is 95.1 Å². The van der Waals surface area contributed by atoms with E-state index in [2.05, 4.69) is 6.92 Å². The summed E-state index contributed by atoms with van der Waals surface area (Å²) in [5.74, 6) is 0.393. The third kappa shape index (κ3) is 6.42. The Bertz CT molecular complexity index is 1310. The Morgan fingerprint density at radius 3 is 2.26 bits per heavy atom. The van der Waals surface area contributed by atoms with Gasteiger partial charge in [-0.3, -0.25) is 9.59 Å². The van der Waals surface area contributed by atoms with Gasteiger partial charge in [-0.25, -0.2) is 0 Å². The summed E-state index contributed by atoms with van der Waals surface area (Å²) in [6.07, 6.45) is 3.18. The Morgan fingerprint density at radius 1 is 0.872 bits per heavy atom. The third-order valence-corrected chi connectivity index (χ3v) is 6.68. The molecule has 0 saturated carbocycles. The first-order valence-electron chi connectivity index (χ1n) is 13.3. The molecule has 1 unspecified atom stereocenters. The van der Waals surface area contributed by atoms with Gasteiger partial charge in [0.2, 0.25) is 0 Å². The fourth-order valence-corrected chi connectivity index (χ4v) is 4.68. The first kappa shape index (κ1) is 27.8. The summed E-state index contributed by atoms with van der Waals surface area (Å²) in [4.78, 5) is 28.2. The number of aliphatic hydroxyl groups is 1. The molecule has 0 bridgehead atoms. The lowest BCUT2D eigenvalue weighted by molar-refractivity contribution is -0.140. The highest BCUT2D eigenvalue weighted by Crippen LogP contribution is 2.41. The standard InChI is InChI=1S/C32H35NO6/c1-4-6-7-19-39-26-17-13-24(14-18-26)30(34)28-29(23-11-15-25(37-3)16-12-23)33(32(36)31(28)35)21-22-9-8-10-27(20-22)38-5-2/h8-18,20,29,34H,4-7,19,21H2,1-3H3/b30-28-. The van der Waals surface area contributed by atoms with E-state index in [1.165, 1.54) is 4.90 Å². The maximum atomic E-state index is 13.4. The van der Waals surface area contributed by atoms with Gasteiger partial charge in [0.05, 0.1) is 31.9 Å². The smallest absolute Gasteiger partial charge is 0.295 e. The van der Waals surface area contributed by atoms with Crippen molar-refractivity contribution in [2.24, 2.45) is 0 Å². The number of hydrogen-bond donors (Lipinski definition) is 1. The average Bonchev–Trinajstić information content (AvgIpc) is 3.20. The number of unbranched alkanes of at least 4 members (excludes halogenated alkanes) is 2. The molecule has 4 rings (SSSR count). The van der Waals surface area contributed by atoms with Gasteiger partial charge in [-0.1, -0.05) is 44.0 Å². The maximum absolute atomic E-state index is 13.4. The van der Waals surface area contributed by atoms with E-state index < -0.39 is 17.7 Å². The molecule has 1 aliphatic rings. The van der Waals surface area contributed by atoms with E-state index in [0.29, 0.717) is 41.6 Å². The van der Waals surface area contributed by atoms with Crippen LogP contribution >= 0.6 is 0 Å². The lowest BCUT2D eigenvalue weighted by Gasteiger charge is -2.26. The van der Waals surface area contributed by atoms with Gasteiger partial charge in [-0.2, -0.15) is 0 Å². The van der Waals surface area contributed by atoms with Crippen LogP contribution in [0.2, 0.25) is 0 Å². The fraction of sp³-hybridized carbons (Fsp3) is 0.312. The molecule has 0 radical (unpaired) electrons. The number of ketones is 1. The number of likely N-dealkylation sites (tertiary alicyclic amines) is 1. The van der Waals surface area contributed by atoms with Crippen molar-refractivity contribution in [2.75, 3.05) is 20.3 Å². The molecule has 204 valence electrons. The summed E-state index contributed by atoms with van der Waals surface area (Å²) in [7, 11) is 1.57. The van der Waals surface area contributed by atoms with Gasteiger partial charge in [-0.15, -0.1) is 0 Å². The van der Waals surface area contributed by atoms with Gasteiger partial charge in [0.15, 0.2) is 0 Å². The Labute approximate surface area is 229 Å². The highest BCUT2D eigenvalue weighted by Gasteiger charge is 2.46. The fourth-order valence-electron chi connectivity index (χ4n) is 4.68. The molecule has 1 heterocycles. The summed E-state index contributed by atoms with van der Waals surface area (Å²) in [6, 6.07) is 20.7. The first-order chi connectivity index (χ1) is 19.0. The highest BCUT2D eigenvalue weighted by molar-refractivity contribution is 6.46. The number of rotatable bonds is 12. The van der Waals surface area contributed by atoms with Crippen LogP contribution in [-0.4, -0.2) is 42.0 Å². The summed E-state index contributed by atoms with van der Waals surface area (Å²) < 4.78 is 16.7. The summed E-state index contributed by atoms with van der Waals surface area (Å²) in [6.45, 7) is 5.34. The predicted octanol–water partition coefficient (Wildman–Crippen LogP) is 6.28. The zero-order chi connectivity index (χ0) is 27.8. The monoisotopic (exact) mass is 529 g/mol. The second-order valence-electron chi connectivity index (χ2n) is 9.36. The molecule has 1 atom stereocenters. The minimum Gasteiger partial charge on any atom is -0.507 e. The normalized spacial score (nSPS) is 16.4. The molecule has 7 nitrogen and oxygen atoms in total. The number of ether oxygens (including phenoxy) is 3. The van der Waals surface area contributed by atoms with E-state index in [1.807, 2.05) is 31.2 Å². The summed E-state index contributed by atoms with van der Waals surface area (Å²) in [5.41, 5.74) is 1.98. The number of carbonyl (C=O) groups excluding carboxylic acids is 2. The van der Waals surface area contributed by atoms with Gasteiger partial charge >= 0.3 is 0 Å². The van der Waals surface area contributed by atoms with Gasteiger partial charge in [0, 0.05) is 12.1 Å². The second-order valence-corrected chi connectivity index (χ2v) is 9.36. The number of methoxy groups -OCH3 is 1. The Kier molecular flexibility index (Phi) is 9.26. The topological polar surface area (TPSA) is 85.3 Å². The molecule has 0 aromatic heterocycles. The minimum absolute atomic E-state index is 0.0442. The highest BCUT2D eigenvalue weighted by atomic mass is 16.5. The molecule has 7 heteroatoms. The molecule has 0 spiro atoms. The number of hydrogen-bond acceptors (Lipinski definition) is 6. The maximum Gasteiger partial charge on any atom is 0.295 e. The van der Waals surface area contributed by atoms with Crippen LogP contribution in [0.4, 0.5) is 0 Å². The van der Waals surface area contributed by atoms with Crippen LogP contribution in [-0.2, 0) is 16.1 Å². The molecular formula is C32H35NO6. The van der Waals surface area contributed by atoms with E-state index in [0.717, 1.165) is 24.8 Å². The number of carbonyl (C=O) groups is 2. The van der Waals surface area contributed by atoms with Crippen LogP contribution in [0.25, 0.3) is 5.76 Å². The van der Waals surface area contributed by atoms with E-state index in [4.69, 9.17) is 14.2 Å². The van der Waals surface area contributed by atoms with Crippen molar-refractivity contribution >= 4 is 17.4 Å². The summed E-state index contributed by atoms with van der Waals surface area (Å²) >= 11 is 0. The molecule has 1 aliphatic heterocycles. The minimum atomic E-state index is -0.781. The van der Waals surface area contributed by atoms with Gasteiger partial charge in [0.25, 0.3) is 11.7 Å². The Morgan fingerprint density at radius 2 is 1.59 bits per heavy atom. The molecule has 3 aromatic rings. The molecule has 0 aliphatic carbocycles. The van der Waals surface area contributed by atoms with Crippen molar-refractivity contribution in [2.45, 2.75) is 45.7 Å². The number of Topliss-reactive ketones (excluding diaryl/α,β-unsaturated/α-hetero) is 1. The zero-order valence-electron chi connectivity index (χ0n) is 22.7. The predicted molar refractivity (Wildman–Crippen MR) is 150 cm³/mol. The molecule has 3 aromatic carbocycles. The van der Waals surface area contributed by atoms with Crippen LogP contribution in [0.15, 0.2) is 78.4 Å². The van der Waals surface area contributed by atoms with Crippen molar-refractivity contribution in [1.29, 1.82) is 0 Å². The summed E-state index contributed by atoms with van der Waals surface area (Å²) in [5, 5.41) is 11.4. The molecule has 39 heavy (non-hydrogen) atoms. The quantitative estimate of drug-likeness (QED) is 0.129. The SMILES string of the molecule is CCCCCOc1ccc(/C(O)=C2/C(=O)C(=O)N(Cc3cccc(OCC)c3)C2c2ccc(OC)cc2)cc1. The molecule has 1 N–H and O–H groups in total. The van der Waals surface area contributed by atoms with E-state index in [9.17, 15) is 14.7 Å². The van der Waals surface area contributed by atoms with Gasteiger partial charge < -0.3 is 24.2 Å². The molecule has 1 saturated heterocycles. The van der Waals surface area contributed by atoms with Gasteiger partial charge in [-0.05, 0) is 73.0 Å². The first-order valence-corrected chi connectivity index (χ1v) is 13.3. The molecule has 1 fully saturated rings. The van der Waals surface area contributed by atoms with Crippen LogP contribution in [0.3, 0.4) is 0 Å². The third-order valence-electron chi connectivity index (χ3n) is 6.68. The average molecular weight is 530 g/mol. The number of nitrogens with zero attached hydrogens (tertiary/aromatic N) is 1. The Balaban J connectivity index is 1.70. The van der Waals surface area contributed by atoms with E-state index >= 15 is 0 Å². The number of amides is 1. The van der Waals surface area contributed by atoms with Crippen LogP contribution in [0, 0.1) is 0 Å². The van der Waals surface area contributed by atoms with E-state index in [1.54, 1.807) is 55.6 Å². The second kappa shape index (κ2) is 13.0. The number of benzene rings is 3. The number of aliphatic hydroxyl groups excluding tert-OH is 1. The van der Waals surface area contributed by atoms with Crippen LogP contribution < -0.4 is 14.2 Å². The zero-order valence-corrected chi connectivity index (χ0v) is 22.7. The van der Waals surface area contributed by atoms with Crippen molar-refractivity contribution in [3.8, 4) is 17.2 Å². The van der Waals surface area contributed by atoms with Gasteiger partial charge in [0.1, 0.15) is 23.0 Å². The molecular weight excluding hydrogens is 494 g/mol.